The van der Waals surface area contributed by atoms with Gasteiger partial charge in [-0.15, -0.1) is 0 Å². The van der Waals surface area contributed by atoms with Crippen LogP contribution in [0.5, 0.6) is 23.0 Å². The van der Waals surface area contributed by atoms with E-state index in [-0.39, 0.29) is 46.6 Å². The minimum absolute atomic E-state index is 0.103. The zero-order valence-electron chi connectivity index (χ0n) is 14.3. The lowest BCUT2D eigenvalue weighted by molar-refractivity contribution is -0.132. The molecule has 0 saturated heterocycles. The summed E-state index contributed by atoms with van der Waals surface area (Å²) in [4.78, 5) is 11.5. The molecule has 7 nitrogen and oxygen atoms in total. The molecule has 8 heteroatoms. The predicted molar refractivity (Wildman–Crippen MR) is 89.8 cm³/mol. The van der Waals surface area contributed by atoms with Crippen molar-refractivity contribution in [3.8, 4) is 23.0 Å². The van der Waals surface area contributed by atoms with E-state index in [9.17, 15) is 9.90 Å². The van der Waals surface area contributed by atoms with Crippen LogP contribution in [0.3, 0.4) is 0 Å². The Morgan fingerprint density at radius 2 is 1.46 bits per heavy atom. The van der Waals surface area contributed by atoms with Crippen molar-refractivity contribution in [2.24, 2.45) is 0 Å². The van der Waals surface area contributed by atoms with E-state index in [0.29, 0.717) is 5.56 Å². The third kappa shape index (κ3) is 4.04. The van der Waals surface area contributed by atoms with E-state index in [0.717, 1.165) is 0 Å². The summed E-state index contributed by atoms with van der Waals surface area (Å²) in [6, 6.07) is 0. The summed E-state index contributed by atoms with van der Waals surface area (Å²) >= 11 is 6.38. The van der Waals surface area contributed by atoms with Crippen LogP contribution in [0.25, 0.3) is 6.08 Å². The molecule has 134 valence electrons. The van der Waals surface area contributed by atoms with Gasteiger partial charge in [-0.1, -0.05) is 11.6 Å². The quantitative estimate of drug-likeness (QED) is 0.678. The minimum Gasteiger partial charge on any atom is -0.492 e. The number of hydrogen-bond donors (Lipinski definition) is 1. The summed E-state index contributed by atoms with van der Waals surface area (Å²) < 4.78 is 26.2. The van der Waals surface area contributed by atoms with Crippen molar-refractivity contribution in [1.29, 1.82) is 0 Å². The Morgan fingerprint density at radius 3 is 1.88 bits per heavy atom. The molecule has 0 aliphatic rings. The largest absolute Gasteiger partial charge is 0.492 e. The normalized spacial score (nSPS) is 11.2. The van der Waals surface area contributed by atoms with Crippen LogP contribution in [-0.2, 0) is 9.53 Å². The van der Waals surface area contributed by atoms with Gasteiger partial charge in [-0.3, -0.25) is 0 Å². The topological polar surface area (TPSA) is 83.5 Å². The van der Waals surface area contributed by atoms with Crippen molar-refractivity contribution in [3.63, 3.8) is 0 Å². The number of carboxylic acid groups (broad SMARTS) is 1. The highest BCUT2D eigenvalue weighted by molar-refractivity contribution is 6.34. The van der Waals surface area contributed by atoms with Crippen LogP contribution in [0.15, 0.2) is 5.57 Å². The monoisotopic (exact) mass is 360 g/mol. The third-order valence-corrected chi connectivity index (χ3v) is 3.66. The van der Waals surface area contributed by atoms with Crippen molar-refractivity contribution in [3.05, 3.63) is 16.2 Å². The van der Waals surface area contributed by atoms with Crippen LogP contribution in [0, 0.1) is 0 Å². The molecule has 0 spiro atoms. The molecule has 0 saturated carbocycles. The van der Waals surface area contributed by atoms with E-state index in [1.54, 1.807) is 0 Å². The van der Waals surface area contributed by atoms with Crippen molar-refractivity contribution < 1.29 is 33.6 Å². The molecule has 0 radical (unpaired) electrons. The zero-order valence-corrected chi connectivity index (χ0v) is 15.0. The highest BCUT2D eigenvalue weighted by atomic mass is 35.5. The van der Waals surface area contributed by atoms with Gasteiger partial charge in [0.25, 0.3) is 0 Å². The third-order valence-electron chi connectivity index (χ3n) is 3.28. The molecule has 0 atom stereocenters. The van der Waals surface area contributed by atoms with E-state index in [4.69, 9.17) is 35.3 Å². The maximum atomic E-state index is 11.5. The Morgan fingerprint density at radius 1 is 0.958 bits per heavy atom. The van der Waals surface area contributed by atoms with Gasteiger partial charge >= 0.3 is 5.97 Å². The molecule has 0 amide bonds. The smallest absolute Gasteiger partial charge is 0.331 e. The SMILES string of the molecule is COCC/C(=C\c1c(Cl)c(OC)c(OC)c(OC)c1OC)C(=O)O. The van der Waals surface area contributed by atoms with E-state index >= 15 is 0 Å². The molecule has 1 rings (SSSR count). The van der Waals surface area contributed by atoms with Gasteiger partial charge in [0.15, 0.2) is 11.5 Å². The molecule has 0 aromatic heterocycles. The van der Waals surface area contributed by atoms with E-state index in [1.165, 1.54) is 41.6 Å². The number of carboxylic acids is 1. The molecule has 1 aromatic rings. The van der Waals surface area contributed by atoms with Crippen molar-refractivity contribution >= 4 is 23.6 Å². The Bertz CT molecular complexity index is 626. The summed E-state index contributed by atoms with van der Waals surface area (Å²) in [7, 11) is 7.21. The highest BCUT2D eigenvalue weighted by Crippen LogP contribution is 2.52. The highest BCUT2D eigenvalue weighted by Gasteiger charge is 2.26. The number of aliphatic carboxylic acids is 1. The van der Waals surface area contributed by atoms with Gasteiger partial charge in [-0.25, -0.2) is 4.79 Å². The summed E-state index contributed by atoms with van der Waals surface area (Å²) in [6.07, 6.45) is 1.61. The van der Waals surface area contributed by atoms with Gasteiger partial charge in [-0.2, -0.15) is 0 Å². The first-order valence-corrected chi connectivity index (χ1v) is 7.32. The van der Waals surface area contributed by atoms with Crippen LogP contribution in [0.2, 0.25) is 5.02 Å². The zero-order chi connectivity index (χ0) is 18.3. The number of halogens is 1. The average molecular weight is 361 g/mol. The lowest BCUT2D eigenvalue weighted by atomic mass is 10.1. The number of rotatable bonds is 9. The van der Waals surface area contributed by atoms with Crippen LogP contribution in [-0.4, -0.2) is 53.2 Å². The van der Waals surface area contributed by atoms with Crippen LogP contribution in [0.1, 0.15) is 12.0 Å². The molecule has 0 heterocycles. The second kappa shape index (κ2) is 9.24. The lowest BCUT2D eigenvalue weighted by Crippen LogP contribution is -2.05. The van der Waals surface area contributed by atoms with Crippen molar-refractivity contribution in [1.82, 2.24) is 0 Å². The van der Waals surface area contributed by atoms with E-state index in [2.05, 4.69) is 0 Å². The number of ether oxygens (including phenoxy) is 5. The molecule has 1 aromatic carbocycles. The van der Waals surface area contributed by atoms with Crippen molar-refractivity contribution in [2.75, 3.05) is 42.2 Å². The maximum Gasteiger partial charge on any atom is 0.331 e. The Labute approximate surface area is 145 Å². The molecule has 0 unspecified atom stereocenters. The Kier molecular flexibility index (Phi) is 7.67. The predicted octanol–water partition coefficient (Wildman–Crippen LogP) is 2.88. The van der Waals surface area contributed by atoms with Crippen LogP contribution >= 0.6 is 11.6 Å². The molecular formula is C16H21ClO7. The van der Waals surface area contributed by atoms with Gasteiger partial charge in [-0.05, 0) is 6.08 Å². The van der Waals surface area contributed by atoms with E-state index < -0.39 is 5.97 Å². The second-order valence-corrected chi connectivity index (χ2v) is 4.96. The van der Waals surface area contributed by atoms with Gasteiger partial charge < -0.3 is 28.8 Å². The Hall–Kier alpha value is -2.12. The fraction of sp³-hybridized carbons (Fsp3) is 0.438. The fourth-order valence-electron chi connectivity index (χ4n) is 2.16. The molecule has 0 aliphatic carbocycles. The molecular weight excluding hydrogens is 340 g/mol. The summed E-state index contributed by atoms with van der Waals surface area (Å²) in [5.74, 6) is -0.105. The summed E-state index contributed by atoms with van der Waals surface area (Å²) in [5, 5.41) is 9.53. The van der Waals surface area contributed by atoms with Crippen LogP contribution in [0.4, 0.5) is 0 Å². The van der Waals surface area contributed by atoms with Gasteiger partial charge in [0, 0.05) is 24.7 Å². The molecule has 0 fully saturated rings. The summed E-state index contributed by atoms with van der Waals surface area (Å²) in [6.45, 7) is 0.252. The number of carbonyl (C=O) groups is 1. The summed E-state index contributed by atoms with van der Waals surface area (Å²) in [5.41, 5.74) is 0.425. The van der Waals surface area contributed by atoms with Gasteiger partial charge in [0.05, 0.1) is 40.1 Å². The molecule has 0 bridgehead atoms. The first-order valence-electron chi connectivity index (χ1n) is 6.94. The van der Waals surface area contributed by atoms with Crippen LogP contribution < -0.4 is 18.9 Å². The number of methoxy groups -OCH3 is 5. The molecule has 24 heavy (non-hydrogen) atoms. The Balaban J connectivity index is 3.70. The molecule has 0 aliphatic heterocycles. The number of hydrogen-bond acceptors (Lipinski definition) is 6. The first kappa shape index (κ1) is 19.9. The standard InChI is InChI=1S/C16H21ClO7/c1-20-7-6-9(16(18)19)8-10-11(17)13(22-3)15(24-5)14(23-4)12(10)21-2/h8H,6-7H2,1-5H3,(H,18,19)/b9-8+. The average Bonchev–Trinajstić information content (AvgIpc) is 2.58. The first-order chi connectivity index (χ1) is 11.5. The van der Waals surface area contributed by atoms with Gasteiger partial charge in [0.2, 0.25) is 11.5 Å². The lowest BCUT2D eigenvalue weighted by Gasteiger charge is -2.19. The number of benzene rings is 1. The van der Waals surface area contributed by atoms with Gasteiger partial charge in [0.1, 0.15) is 0 Å². The maximum absolute atomic E-state index is 11.5. The second-order valence-electron chi connectivity index (χ2n) is 4.58. The fourth-order valence-corrected chi connectivity index (χ4v) is 2.47. The van der Waals surface area contributed by atoms with Crippen molar-refractivity contribution in [2.45, 2.75) is 6.42 Å². The van der Waals surface area contributed by atoms with E-state index in [1.807, 2.05) is 0 Å². The molecule has 1 N–H and O–H groups in total. The minimum atomic E-state index is -1.08.